The number of carbonyl (C=O) groups is 2. The van der Waals surface area contributed by atoms with Gasteiger partial charge in [-0.15, -0.1) is 0 Å². The van der Waals surface area contributed by atoms with Crippen molar-refractivity contribution < 1.29 is 14.0 Å². The molecule has 0 bridgehead atoms. The Morgan fingerprint density at radius 1 is 0.857 bits per heavy atom. The van der Waals surface area contributed by atoms with Gasteiger partial charge in [0.1, 0.15) is 5.76 Å². The number of benzene rings is 3. The summed E-state index contributed by atoms with van der Waals surface area (Å²) in [5.74, 6) is 0.709. The fraction of sp³-hybridized carbons (Fsp3) is 0.222. The van der Waals surface area contributed by atoms with Crippen molar-refractivity contribution in [1.82, 2.24) is 14.8 Å². The fourth-order valence-electron chi connectivity index (χ4n) is 5.11. The Morgan fingerprint density at radius 2 is 1.57 bits per heavy atom. The van der Waals surface area contributed by atoms with Crippen molar-refractivity contribution in [3.05, 3.63) is 155 Å². The number of hydrogen-bond donors (Lipinski definition) is 1. The number of hydrogen-bond acceptors (Lipinski definition) is 3. The Hall–Kier alpha value is -4.84. The van der Waals surface area contributed by atoms with E-state index in [1.54, 1.807) is 6.07 Å². The van der Waals surface area contributed by atoms with Crippen LogP contribution < -0.4 is 5.32 Å². The lowest BCUT2D eigenvalue weighted by Gasteiger charge is -2.23. The highest BCUT2D eigenvalue weighted by molar-refractivity contribution is 5.94. The first kappa shape index (κ1) is 28.7. The lowest BCUT2D eigenvalue weighted by atomic mass is 9.99. The maximum Gasteiger partial charge on any atom is 0.287 e. The van der Waals surface area contributed by atoms with Gasteiger partial charge in [0.05, 0.1) is 19.1 Å². The Balaban J connectivity index is 1.27. The van der Waals surface area contributed by atoms with Gasteiger partial charge < -0.3 is 19.2 Å². The summed E-state index contributed by atoms with van der Waals surface area (Å²) < 4.78 is 8.09. The SMILES string of the molecule is CCCN(Cc1cccn1Cc1ccc(C(=O)NC(Cc2ccccc2)c2ccccc2)o1)C(=O)c1ccc(C)cc1. The number of carbonyl (C=O) groups excluding carboxylic acids is 2. The first-order valence-electron chi connectivity index (χ1n) is 14.5. The molecule has 3 aromatic carbocycles. The third-order valence-corrected chi connectivity index (χ3v) is 7.36. The predicted molar refractivity (Wildman–Crippen MR) is 165 cm³/mol. The molecule has 42 heavy (non-hydrogen) atoms. The molecule has 5 aromatic rings. The largest absolute Gasteiger partial charge is 0.454 e. The molecule has 2 heterocycles. The first-order chi connectivity index (χ1) is 20.5. The van der Waals surface area contributed by atoms with E-state index in [1.165, 1.54) is 0 Å². The van der Waals surface area contributed by atoms with Crippen molar-refractivity contribution in [2.75, 3.05) is 6.54 Å². The zero-order chi connectivity index (χ0) is 29.3. The third-order valence-electron chi connectivity index (χ3n) is 7.36. The van der Waals surface area contributed by atoms with Gasteiger partial charge in [-0.05, 0) is 67.3 Å². The van der Waals surface area contributed by atoms with E-state index in [1.807, 2.05) is 109 Å². The van der Waals surface area contributed by atoms with Crippen LogP contribution in [-0.2, 0) is 19.5 Å². The van der Waals surface area contributed by atoms with Gasteiger partial charge in [0.15, 0.2) is 5.76 Å². The standard InChI is InChI=1S/C36H37N3O3/c1-3-22-39(36(41)30-18-16-27(2)17-19-30)25-31-15-10-23-38(31)26-32-20-21-34(42-32)35(40)37-33(29-13-8-5-9-14-29)24-28-11-6-4-7-12-28/h4-21,23,33H,3,22,24-26H2,1-2H3,(H,37,40). The molecule has 0 aliphatic rings. The van der Waals surface area contributed by atoms with Crippen LogP contribution in [0, 0.1) is 6.92 Å². The highest BCUT2D eigenvalue weighted by Gasteiger charge is 2.20. The molecule has 1 atom stereocenters. The van der Waals surface area contributed by atoms with Crippen molar-refractivity contribution in [2.45, 2.75) is 45.8 Å². The van der Waals surface area contributed by atoms with Crippen molar-refractivity contribution in [1.29, 1.82) is 0 Å². The van der Waals surface area contributed by atoms with E-state index in [-0.39, 0.29) is 23.6 Å². The summed E-state index contributed by atoms with van der Waals surface area (Å²) in [6.07, 6.45) is 3.51. The van der Waals surface area contributed by atoms with Crippen molar-refractivity contribution in [2.24, 2.45) is 0 Å². The zero-order valence-electron chi connectivity index (χ0n) is 24.2. The lowest BCUT2D eigenvalue weighted by molar-refractivity contribution is 0.0739. The maximum absolute atomic E-state index is 13.3. The molecule has 0 radical (unpaired) electrons. The van der Waals surface area contributed by atoms with Crippen LogP contribution in [0.5, 0.6) is 0 Å². The molecule has 5 rings (SSSR count). The van der Waals surface area contributed by atoms with E-state index >= 15 is 0 Å². The molecular formula is C36H37N3O3. The number of aryl methyl sites for hydroxylation is 1. The summed E-state index contributed by atoms with van der Waals surface area (Å²) >= 11 is 0. The van der Waals surface area contributed by atoms with Crippen molar-refractivity contribution in [3.63, 3.8) is 0 Å². The highest BCUT2D eigenvalue weighted by atomic mass is 16.4. The predicted octanol–water partition coefficient (Wildman–Crippen LogP) is 7.20. The molecule has 0 aliphatic heterocycles. The minimum absolute atomic E-state index is 0.0185. The second-order valence-corrected chi connectivity index (χ2v) is 10.6. The summed E-state index contributed by atoms with van der Waals surface area (Å²) in [5, 5.41) is 3.17. The van der Waals surface area contributed by atoms with Gasteiger partial charge in [0.2, 0.25) is 0 Å². The van der Waals surface area contributed by atoms with Gasteiger partial charge in [-0.25, -0.2) is 0 Å². The molecule has 2 aromatic heterocycles. The highest BCUT2D eigenvalue weighted by Crippen LogP contribution is 2.21. The molecule has 6 nitrogen and oxygen atoms in total. The quantitative estimate of drug-likeness (QED) is 0.176. The average Bonchev–Trinajstić information content (AvgIpc) is 3.67. The Kier molecular flexibility index (Phi) is 9.34. The molecule has 1 unspecified atom stereocenters. The average molecular weight is 560 g/mol. The molecule has 6 heteroatoms. The topological polar surface area (TPSA) is 67.5 Å². The minimum atomic E-state index is -0.253. The molecule has 0 saturated heterocycles. The monoisotopic (exact) mass is 559 g/mol. The first-order valence-corrected chi connectivity index (χ1v) is 14.5. The summed E-state index contributed by atoms with van der Waals surface area (Å²) in [4.78, 5) is 28.5. The van der Waals surface area contributed by atoms with Gasteiger partial charge in [-0.2, -0.15) is 0 Å². The van der Waals surface area contributed by atoms with Crippen LogP contribution in [-0.4, -0.2) is 27.8 Å². The van der Waals surface area contributed by atoms with Crippen LogP contribution in [0.3, 0.4) is 0 Å². The van der Waals surface area contributed by atoms with E-state index in [9.17, 15) is 9.59 Å². The number of furan rings is 1. The molecule has 0 saturated carbocycles. The second kappa shape index (κ2) is 13.7. The van der Waals surface area contributed by atoms with Gasteiger partial charge in [-0.1, -0.05) is 85.3 Å². The van der Waals surface area contributed by atoms with Gasteiger partial charge in [0.25, 0.3) is 11.8 Å². The second-order valence-electron chi connectivity index (χ2n) is 10.6. The molecule has 214 valence electrons. The van der Waals surface area contributed by atoms with Crippen molar-refractivity contribution in [3.8, 4) is 0 Å². The van der Waals surface area contributed by atoms with E-state index in [0.717, 1.165) is 28.8 Å². The van der Waals surface area contributed by atoms with Crippen molar-refractivity contribution >= 4 is 11.8 Å². The third kappa shape index (κ3) is 7.26. The Labute approximate surface area is 247 Å². The normalized spacial score (nSPS) is 11.7. The van der Waals surface area contributed by atoms with Crippen LogP contribution in [0.4, 0.5) is 0 Å². The lowest BCUT2D eigenvalue weighted by Crippen LogP contribution is -2.32. The van der Waals surface area contributed by atoms with E-state index < -0.39 is 0 Å². The number of nitrogens with one attached hydrogen (secondary N) is 1. The number of aromatic nitrogens is 1. The fourth-order valence-corrected chi connectivity index (χ4v) is 5.11. The van der Waals surface area contributed by atoms with E-state index in [4.69, 9.17) is 4.42 Å². The van der Waals surface area contributed by atoms with Gasteiger partial charge in [-0.3, -0.25) is 9.59 Å². The molecular weight excluding hydrogens is 522 g/mol. The molecule has 0 spiro atoms. The summed E-state index contributed by atoms with van der Waals surface area (Å²) in [6.45, 7) is 5.70. The van der Waals surface area contributed by atoms with Crippen LogP contribution in [0.2, 0.25) is 0 Å². The summed E-state index contributed by atoms with van der Waals surface area (Å²) in [7, 11) is 0. The number of amides is 2. The number of nitrogens with zero attached hydrogens (tertiary/aromatic N) is 2. The summed E-state index contributed by atoms with van der Waals surface area (Å²) in [6, 6.07) is 35.2. The van der Waals surface area contributed by atoms with E-state index in [2.05, 4.69) is 28.9 Å². The van der Waals surface area contributed by atoms with Crippen LogP contribution in [0.15, 0.2) is 120 Å². The maximum atomic E-state index is 13.3. The smallest absolute Gasteiger partial charge is 0.287 e. The number of rotatable bonds is 12. The zero-order valence-corrected chi connectivity index (χ0v) is 24.2. The van der Waals surface area contributed by atoms with Crippen LogP contribution in [0.25, 0.3) is 0 Å². The van der Waals surface area contributed by atoms with Gasteiger partial charge >= 0.3 is 0 Å². The van der Waals surface area contributed by atoms with E-state index in [0.29, 0.717) is 37.4 Å². The van der Waals surface area contributed by atoms with Gasteiger partial charge in [0, 0.05) is 24.0 Å². The Morgan fingerprint density at radius 3 is 2.29 bits per heavy atom. The molecule has 1 N–H and O–H groups in total. The molecule has 0 aliphatic carbocycles. The summed E-state index contributed by atoms with van der Waals surface area (Å²) in [5.41, 5.74) is 4.99. The molecule has 0 fully saturated rings. The Bertz CT molecular complexity index is 1590. The molecule has 2 amide bonds. The minimum Gasteiger partial charge on any atom is -0.454 e. The van der Waals surface area contributed by atoms with Crippen LogP contribution >= 0.6 is 0 Å². The van der Waals surface area contributed by atoms with Crippen LogP contribution in [0.1, 0.15) is 68.4 Å².